The summed E-state index contributed by atoms with van der Waals surface area (Å²) in [7, 11) is 0. The number of nitrogens with one attached hydrogen (secondary N) is 2. The van der Waals surface area contributed by atoms with Gasteiger partial charge < -0.3 is 10.1 Å². The van der Waals surface area contributed by atoms with Gasteiger partial charge in [-0.15, -0.1) is 11.3 Å². The quantitative estimate of drug-likeness (QED) is 0.700. The summed E-state index contributed by atoms with van der Waals surface area (Å²) >= 11 is 1.44. The standard InChI is InChI=1S/C22H26N2O4S/c1-3-14-10-11-17-16(12-14)13-18(29-17)21(26)28-19(15-8-6-5-7-9-15)20(25)24-22(27)23-4-2/h5-9,13-14,19H,3-4,10-12H2,1-2H3,(H2,23,24,25,27)/t14-,19-/m0/s1. The van der Waals surface area contributed by atoms with Gasteiger partial charge in [0.2, 0.25) is 6.10 Å². The monoisotopic (exact) mass is 414 g/mol. The summed E-state index contributed by atoms with van der Waals surface area (Å²) in [5.74, 6) is -0.568. The smallest absolute Gasteiger partial charge is 0.349 e. The van der Waals surface area contributed by atoms with E-state index in [0.29, 0.717) is 22.9 Å². The van der Waals surface area contributed by atoms with Crippen molar-refractivity contribution in [3.63, 3.8) is 0 Å². The first-order valence-corrected chi connectivity index (χ1v) is 10.8. The number of fused-ring (bicyclic) bond motifs is 1. The maximum atomic E-state index is 12.8. The predicted octanol–water partition coefficient (Wildman–Crippen LogP) is 4.01. The number of ether oxygens (including phenoxy) is 1. The molecular formula is C22H26N2O4S. The van der Waals surface area contributed by atoms with E-state index in [2.05, 4.69) is 17.6 Å². The highest BCUT2D eigenvalue weighted by molar-refractivity contribution is 7.14. The van der Waals surface area contributed by atoms with Crippen molar-refractivity contribution in [3.05, 3.63) is 57.3 Å². The van der Waals surface area contributed by atoms with Gasteiger partial charge in [0.25, 0.3) is 5.91 Å². The van der Waals surface area contributed by atoms with Crippen molar-refractivity contribution in [2.24, 2.45) is 5.92 Å². The maximum Gasteiger partial charge on any atom is 0.349 e. The van der Waals surface area contributed by atoms with Crippen molar-refractivity contribution in [1.29, 1.82) is 0 Å². The van der Waals surface area contributed by atoms with Crippen LogP contribution in [0.4, 0.5) is 4.79 Å². The number of benzene rings is 1. The highest BCUT2D eigenvalue weighted by Gasteiger charge is 2.29. The van der Waals surface area contributed by atoms with Crippen LogP contribution in [-0.4, -0.2) is 24.5 Å². The van der Waals surface area contributed by atoms with Crippen molar-refractivity contribution in [3.8, 4) is 0 Å². The number of carbonyl (C=O) groups is 3. The van der Waals surface area contributed by atoms with E-state index in [1.807, 2.05) is 12.1 Å². The molecule has 0 saturated heterocycles. The second kappa shape index (κ2) is 9.69. The van der Waals surface area contributed by atoms with Crippen LogP contribution in [-0.2, 0) is 22.4 Å². The second-order valence-corrected chi connectivity index (χ2v) is 8.26. The predicted molar refractivity (Wildman–Crippen MR) is 112 cm³/mol. The summed E-state index contributed by atoms with van der Waals surface area (Å²) in [4.78, 5) is 38.9. The molecule has 0 radical (unpaired) electrons. The number of thiophene rings is 1. The summed E-state index contributed by atoms with van der Waals surface area (Å²) in [6, 6.07) is 9.98. The molecule has 7 heteroatoms. The lowest BCUT2D eigenvalue weighted by atomic mass is 9.87. The maximum absolute atomic E-state index is 12.8. The molecule has 1 aliphatic carbocycles. The summed E-state index contributed by atoms with van der Waals surface area (Å²) in [5, 5.41) is 4.74. The average Bonchev–Trinajstić information content (AvgIpc) is 3.16. The molecule has 1 aromatic heterocycles. The molecule has 0 unspecified atom stereocenters. The number of esters is 1. The zero-order valence-corrected chi connectivity index (χ0v) is 17.5. The van der Waals surface area contributed by atoms with Gasteiger partial charge in [-0.3, -0.25) is 10.1 Å². The molecule has 2 aromatic rings. The first-order valence-electron chi connectivity index (χ1n) is 9.98. The highest BCUT2D eigenvalue weighted by atomic mass is 32.1. The third kappa shape index (κ3) is 5.23. The fraction of sp³-hybridized carbons (Fsp3) is 0.409. The van der Waals surface area contributed by atoms with Crippen LogP contribution in [0.2, 0.25) is 0 Å². The molecule has 2 atom stereocenters. The third-order valence-electron chi connectivity index (χ3n) is 5.10. The molecule has 0 saturated carbocycles. The van der Waals surface area contributed by atoms with E-state index < -0.39 is 24.0 Å². The number of rotatable bonds is 6. The largest absolute Gasteiger partial charge is 0.443 e. The van der Waals surface area contributed by atoms with Crippen LogP contribution in [0.3, 0.4) is 0 Å². The molecule has 29 heavy (non-hydrogen) atoms. The Hall–Kier alpha value is -2.67. The molecule has 1 heterocycles. The van der Waals surface area contributed by atoms with Crippen molar-refractivity contribution >= 4 is 29.2 Å². The Bertz CT molecular complexity index is 878. The zero-order chi connectivity index (χ0) is 20.8. The minimum absolute atomic E-state index is 0.383. The van der Waals surface area contributed by atoms with Gasteiger partial charge in [0.1, 0.15) is 4.88 Å². The summed E-state index contributed by atoms with van der Waals surface area (Å²) in [5.41, 5.74) is 1.72. The summed E-state index contributed by atoms with van der Waals surface area (Å²) < 4.78 is 5.57. The molecule has 3 rings (SSSR count). The van der Waals surface area contributed by atoms with Crippen molar-refractivity contribution in [1.82, 2.24) is 10.6 Å². The van der Waals surface area contributed by atoms with Crippen LogP contribution in [0.25, 0.3) is 0 Å². The van der Waals surface area contributed by atoms with E-state index in [-0.39, 0.29) is 0 Å². The number of aryl methyl sites for hydroxylation is 1. The highest BCUT2D eigenvalue weighted by Crippen LogP contribution is 2.34. The molecule has 2 N–H and O–H groups in total. The van der Waals surface area contributed by atoms with Gasteiger partial charge in [-0.1, -0.05) is 43.7 Å². The van der Waals surface area contributed by atoms with Crippen LogP contribution >= 0.6 is 11.3 Å². The fourth-order valence-electron chi connectivity index (χ4n) is 3.50. The van der Waals surface area contributed by atoms with Gasteiger partial charge >= 0.3 is 12.0 Å². The van der Waals surface area contributed by atoms with Crippen LogP contribution in [0.5, 0.6) is 0 Å². The normalized spacial score (nSPS) is 16.4. The lowest BCUT2D eigenvalue weighted by Gasteiger charge is -2.19. The number of hydrogen-bond acceptors (Lipinski definition) is 5. The van der Waals surface area contributed by atoms with Crippen LogP contribution in [0, 0.1) is 5.92 Å². The van der Waals surface area contributed by atoms with Gasteiger partial charge in [0, 0.05) is 17.0 Å². The third-order valence-corrected chi connectivity index (χ3v) is 6.32. The minimum Gasteiger partial charge on any atom is -0.443 e. The Balaban J connectivity index is 1.77. The molecule has 1 aliphatic rings. The number of urea groups is 1. The van der Waals surface area contributed by atoms with Crippen molar-refractivity contribution in [2.45, 2.75) is 45.6 Å². The Labute approximate surface area is 174 Å². The number of hydrogen-bond donors (Lipinski definition) is 2. The number of amides is 3. The number of carbonyl (C=O) groups excluding carboxylic acids is 3. The SMILES string of the molecule is CCNC(=O)NC(=O)[C@@H](OC(=O)c1cc2c(s1)CC[C@H](CC)C2)c1ccccc1. The topological polar surface area (TPSA) is 84.5 Å². The fourth-order valence-corrected chi connectivity index (χ4v) is 4.59. The molecule has 0 fully saturated rings. The molecular weight excluding hydrogens is 388 g/mol. The molecule has 154 valence electrons. The Kier molecular flexibility index (Phi) is 7.04. The lowest BCUT2D eigenvalue weighted by molar-refractivity contribution is -0.129. The van der Waals surface area contributed by atoms with Crippen LogP contribution < -0.4 is 10.6 Å². The molecule has 1 aromatic carbocycles. The second-order valence-electron chi connectivity index (χ2n) is 7.12. The van der Waals surface area contributed by atoms with Gasteiger partial charge in [0.05, 0.1) is 0 Å². The van der Waals surface area contributed by atoms with Crippen LogP contribution in [0.15, 0.2) is 36.4 Å². The van der Waals surface area contributed by atoms with E-state index in [1.54, 1.807) is 31.2 Å². The summed E-state index contributed by atoms with van der Waals surface area (Å²) in [6.45, 7) is 4.32. The van der Waals surface area contributed by atoms with E-state index >= 15 is 0 Å². The van der Waals surface area contributed by atoms with E-state index in [4.69, 9.17) is 4.74 Å². The van der Waals surface area contributed by atoms with Crippen molar-refractivity contribution < 1.29 is 19.1 Å². The van der Waals surface area contributed by atoms with E-state index in [0.717, 1.165) is 25.7 Å². The Morgan fingerprint density at radius 2 is 1.97 bits per heavy atom. The molecule has 0 spiro atoms. The van der Waals surface area contributed by atoms with E-state index in [1.165, 1.54) is 21.8 Å². The first-order chi connectivity index (χ1) is 14.0. The minimum atomic E-state index is -1.20. The van der Waals surface area contributed by atoms with Gasteiger partial charge in [-0.2, -0.15) is 0 Å². The molecule has 6 nitrogen and oxygen atoms in total. The lowest BCUT2D eigenvalue weighted by Crippen LogP contribution is -2.42. The van der Waals surface area contributed by atoms with Crippen LogP contribution in [0.1, 0.15) is 58.5 Å². The van der Waals surface area contributed by atoms with Gasteiger partial charge in [0.15, 0.2) is 0 Å². The van der Waals surface area contributed by atoms with E-state index in [9.17, 15) is 14.4 Å². The van der Waals surface area contributed by atoms with Gasteiger partial charge in [-0.25, -0.2) is 9.59 Å². The molecule has 0 bridgehead atoms. The average molecular weight is 415 g/mol. The van der Waals surface area contributed by atoms with Crippen molar-refractivity contribution in [2.75, 3.05) is 6.54 Å². The Morgan fingerprint density at radius 3 is 2.66 bits per heavy atom. The summed E-state index contributed by atoms with van der Waals surface area (Å²) in [6.07, 6.45) is 3.03. The first kappa shape index (κ1) is 21.0. The zero-order valence-electron chi connectivity index (χ0n) is 16.7. The molecule has 3 amide bonds. The number of imide groups is 1. The molecule has 0 aliphatic heterocycles. The Morgan fingerprint density at radius 1 is 1.21 bits per heavy atom. The van der Waals surface area contributed by atoms with Gasteiger partial charge in [-0.05, 0) is 43.7 Å².